The van der Waals surface area contributed by atoms with E-state index < -0.39 is 29.7 Å². The maximum atomic E-state index is 13.7. The molecule has 13 heteroatoms. The minimum Gasteiger partial charge on any atom is -0.465 e. The lowest BCUT2D eigenvalue weighted by Crippen LogP contribution is -2.41. The predicted octanol–water partition coefficient (Wildman–Crippen LogP) is 3.38. The van der Waals surface area contributed by atoms with Gasteiger partial charge in [0, 0.05) is 30.9 Å². The molecule has 0 spiro atoms. The number of anilines is 3. The topological polar surface area (TPSA) is 138 Å². The van der Waals surface area contributed by atoms with E-state index in [-0.39, 0.29) is 29.5 Å². The number of aromatic nitrogens is 2. The van der Waals surface area contributed by atoms with Crippen molar-refractivity contribution in [2.45, 2.75) is 39.2 Å². The first-order valence-corrected chi connectivity index (χ1v) is 14.4. The molecule has 11 nitrogen and oxygen atoms in total. The van der Waals surface area contributed by atoms with Crippen LogP contribution in [0.4, 0.5) is 21.7 Å². The first-order chi connectivity index (χ1) is 20.2. The number of benzene rings is 1. The molecule has 3 aliphatic heterocycles. The molecule has 1 saturated heterocycles. The van der Waals surface area contributed by atoms with Crippen molar-refractivity contribution in [2.75, 3.05) is 43.4 Å². The van der Waals surface area contributed by atoms with Gasteiger partial charge in [-0.25, -0.2) is 14.4 Å². The highest BCUT2D eigenvalue weighted by molar-refractivity contribution is 6.33. The lowest BCUT2D eigenvalue weighted by molar-refractivity contribution is -0.147. The third kappa shape index (κ3) is 6.39. The number of hydrogen-bond acceptors (Lipinski definition) is 9. The summed E-state index contributed by atoms with van der Waals surface area (Å²) in [5.41, 5.74) is 2.30. The van der Waals surface area contributed by atoms with Crippen LogP contribution >= 0.6 is 11.6 Å². The summed E-state index contributed by atoms with van der Waals surface area (Å²) in [5, 5.41) is 12.0. The van der Waals surface area contributed by atoms with Gasteiger partial charge in [-0.2, -0.15) is 0 Å². The number of nitrogens with one attached hydrogen (secondary N) is 4. The fourth-order valence-corrected chi connectivity index (χ4v) is 5.69. The van der Waals surface area contributed by atoms with Gasteiger partial charge in [-0.15, -0.1) is 0 Å². The van der Waals surface area contributed by atoms with Crippen molar-refractivity contribution in [2.24, 2.45) is 5.92 Å². The number of halogens is 2. The first-order valence-electron chi connectivity index (χ1n) is 14.0. The zero-order chi connectivity index (χ0) is 29.8. The summed E-state index contributed by atoms with van der Waals surface area (Å²) in [6.45, 7) is 7.11. The van der Waals surface area contributed by atoms with Crippen molar-refractivity contribution >= 4 is 52.3 Å². The maximum Gasteiger partial charge on any atom is 0.315 e. The van der Waals surface area contributed by atoms with E-state index >= 15 is 0 Å². The molecule has 0 saturated carbocycles. The van der Waals surface area contributed by atoms with Crippen molar-refractivity contribution in [3.63, 3.8) is 0 Å². The molecule has 3 aliphatic rings. The van der Waals surface area contributed by atoms with Gasteiger partial charge < -0.3 is 30.9 Å². The monoisotopic (exact) mass is 597 g/mol. The molecule has 42 heavy (non-hydrogen) atoms. The standard InChI is InChI=1S/C29H33ClFN7O4/c1-3-42-29(41)24-16(2)21(36-22(24)14-23(39)32-8-11-38-9-4-5-10-38)13-18-25-26(33-15-34-27(25)37-28(18)40)35-17-6-7-20(31)19(30)12-17/h6-7,12-13,15,22,24,36H,3-5,8-11,14H2,1-2H3,(H,32,39)(H2,33,34,35,37,40)/b18-13-/t22-,24?/m1/s1. The summed E-state index contributed by atoms with van der Waals surface area (Å²) in [7, 11) is 0. The Morgan fingerprint density at radius 2 is 2.05 bits per heavy atom. The number of nitrogens with zero attached hydrogens (tertiary/aromatic N) is 3. The zero-order valence-corrected chi connectivity index (χ0v) is 24.2. The van der Waals surface area contributed by atoms with Crippen LogP contribution in [0.3, 0.4) is 0 Å². The number of carbonyl (C=O) groups excluding carboxylic acids is 3. The van der Waals surface area contributed by atoms with Crippen LogP contribution in [0, 0.1) is 11.7 Å². The molecule has 1 aromatic heterocycles. The molecule has 1 fully saturated rings. The summed E-state index contributed by atoms with van der Waals surface area (Å²) < 4.78 is 19.0. The third-order valence-corrected chi connectivity index (χ3v) is 7.88. The first kappa shape index (κ1) is 29.5. The van der Waals surface area contributed by atoms with E-state index in [9.17, 15) is 18.8 Å². The lowest BCUT2D eigenvalue weighted by atomic mass is 9.92. The average molecular weight is 598 g/mol. The molecule has 0 aliphatic carbocycles. The molecular weight excluding hydrogens is 565 g/mol. The van der Waals surface area contributed by atoms with Gasteiger partial charge in [0.15, 0.2) is 0 Å². The van der Waals surface area contributed by atoms with Crippen molar-refractivity contribution in [1.82, 2.24) is 25.5 Å². The Balaban J connectivity index is 1.38. The van der Waals surface area contributed by atoms with E-state index in [1.807, 2.05) is 0 Å². The average Bonchev–Trinajstić information content (AvgIpc) is 3.65. The minimum absolute atomic E-state index is 0.0531. The number of carbonyl (C=O) groups is 3. The number of amides is 2. The van der Waals surface area contributed by atoms with Crippen LogP contribution in [-0.2, 0) is 19.1 Å². The van der Waals surface area contributed by atoms with Gasteiger partial charge in [0.2, 0.25) is 5.91 Å². The number of allylic oxidation sites excluding steroid dienone is 1. The van der Waals surface area contributed by atoms with E-state index in [1.165, 1.54) is 37.4 Å². The minimum atomic E-state index is -0.712. The van der Waals surface area contributed by atoms with Gasteiger partial charge >= 0.3 is 5.97 Å². The highest BCUT2D eigenvalue weighted by Gasteiger charge is 2.40. The van der Waals surface area contributed by atoms with E-state index in [2.05, 4.69) is 36.1 Å². The van der Waals surface area contributed by atoms with Crippen LogP contribution in [0.1, 0.15) is 38.7 Å². The Morgan fingerprint density at radius 3 is 2.79 bits per heavy atom. The van der Waals surface area contributed by atoms with Crippen LogP contribution in [0.15, 0.2) is 41.9 Å². The van der Waals surface area contributed by atoms with Crippen molar-refractivity contribution in [3.05, 3.63) is 58.3 Å². The summed E-state index contributed by atoms with van der Waals surface area (Å²) >= 11 is 5.94. The number of likely N-dealkylation sites (tertiary alicyclic amines) is 1. The van der Waals surface area contributed by atoms with Crippen LogP contribution in [0.25, 0.3) is 5.57 Å². The molecule has 4 heterocycles. The van der Waals surface area contributed by atoms with Crippen molar-refractivity contribution in [3.8, 4) is 0 Å². The Bertz CT molecular complexity index is 1460. The number of hydrogen-bond donors (Lipinski definition) is 4. The van der Waals surface area contributed by atoms with Gasteiger partial charge in [-0.3, -0.25) is 14.4 Å². The van der Waals surface area contributed by atoms with E-state index in [1.54, 1.807) is 19.9 Å². The van der Waals surface area contributed by atoms with Crippen LogP contribution < -0.4 is 21.3 Å². The third-order valence-electron chi connectivity index (χ3n) is 7.59. The maximum absolute atomic E-state index is 13.7. The molecular formula is C29H33ClFN7O4. The predicted molar refractivity (Wildman–Crippen MR) is 156 cm³/mol. The molecule has 0 radical (unpaired) electrons. The molecule has 2 atom stereocenters. The van der Waals surface area contributed by atoms with Gasteiger partial charge in [0.05, 0.1) is 28.8 Å². The number of rotatable bonds is 10. The number of ether oxygens (including phenoxy) is 1. The lowest BCUT2D eigenvalue weighted by Gasteiger charge is -2.20. The second-order valence-corrected chi connectivity index (χ2v) is 10.8. The van der Waals surface area contributed by atoms with Crippen LogP contribution in [0.5, 0.6) is 0 Å². The molecule has 2 aromatic rings. The quantitative estimate of drug-likeness (QED) is 0.240. The van der Waals surface area contributed by atoms with Gasteiger partial charge in [-0.1, -0.05) is 11.6 Å². The van der Waals surface area contributed by atoms with Crippen LogP contribution in [-0.4, -0.2) is 71.5 Å². The second-order valence-electron chi connectivity index (χ2n) is 10.4. The van der Waals surface area contributed by atoms with E-state index in [4.69, 9.17) is 16.3 Å². The fraction of sp³-hybridized carbons (Fsp3) is 0.414. The number of esters is 1. The molecule has 1 unspecified atom stereocenters. The summed E-state index contributed by atoms with van der Waals surface area (Å²) in [4.78, 5) is 49.7. The molecule has 2 amide bonds. The zero-order valence-electron chi connectivity index (χ0n) is 23.4. The second kappa shape index (κ2) is 12.9. The molecule has 1 aromatic carbocycles. The summed E-state index contributed by atoms with van der Waals surface area (Å²) in [5.74, 6) is -1.71. The van der Waals surface area contributed by atoms with Gasteiger partial charge in [-0.05, 0) is 69.6 Å². The Morgan fingerprint density at radius 1 is 1.26 bits per heavy atom. The highest BCUT2D eigenvalue weighted by atomic mass is 35.5. The SMILES string of the molecule is CCOC(=O)C1C(C)=C(/C=C2\C(=O)Nc3ncnc(Nc4ccc(F)c(Cl)c4)c32)N[C@@H]1CC(=O)NCCN1CCCC1. The summed E-state index contributed by atoms with van der Waals surface area (Å²) in [6, 6.07) is 3.58. The van der Waals surface area contributed by atoms with Crippen molar-refractivity contribution < 1.29 is 23.5 Å². The normalized spacial score (nSPS) is 20.9. The Labute approximate surface area is 247 Å². The smallest absolute Gasteiger partial charge is 0.315 e. The molecule has 222 valence electrons. The molecule has 4 N–H and O–H groups in total. The molecule has 0 bridgehead atoms. The fourth-order valence-electron chi connectivity index (χ4n) is 5.51. The van der Waals surface area contributed by atoms with Crippen molar-refractivity contribution in [1.29, 1.82) is 0 Å². The van der Waals surface area contributed by atoms with Crippen LogP contribution in [0.2, 0.25) is 5.02 Å². The Kier molecular flexibility index (Phi) is 9.03. The largest absolute Gasteiger partial charge is 0.465 e. The Hall–Kier alpha value is -4.03. The van der Waals surface area contributed by atoms with E-state index in [0.717, 1.165) is 19.6 Å². The van der Waals surface area contributed by atoms with Gasteiger partial charge in [0.1, 0.15) is 29.7 Å². The number of fused-ring (bicyclic) bond motifs is 1. The van der Waals surface area contributed by atoms with E-state index in [0.29, 0.717) is 40.7 Å². The highest BCUT2D eigenvalue weighted by Crippen LogP contribution is 2.38. The molecule has 5 rings (SSSR count). The summed E-state index contributed by atoms with van der Waals surface area (Å²) in [6.07, 6.45) is 5.33. The van der Waals surface area contributed by atoms with Gasteiger partial charge in [0.25, 0.3) is 5.91 Å².